The van der Waals surface area contributed by atoms with Crippen molar-refractivity contribution in [1.29, 1.82) is 0 Å². The van der Waals surface area contributed by atoms with Gasteiger partial charge in [-0.1, -0.05) is 12.1 Å². The first-order valence-corrected chi connectivity index (χ1v) is 5.27. The lowest BCUT2D eigenvalue weighted by Gasteiger charge is -2.06. The highest BCUT2D eigenvalue weighted by molar-refractivity contribution is 6.10. The van der Waals surface area contributed by atoms with Gasteiger partial charge in [-0.05, 0) is 18.2 Å². The predicted molar refractivity (Wildman–Crippen MR) is 66.2 cm³/mol. The van der Waals surface area contributed by atoms with Gasteiger partial charge in [-0.25, -0.2) is 9.89 Å². The summed E-state index contributed by atoms with van der Waals surface area (Å²) in [6, 6.07) is 8.33. The summed E-state index contributed by atoms with van der Waals surface area (Å²) >= 11 is 0. The molecule has 0 aliphatic carbocycles. The lowest BCUT2D eigenvalue weighted by Crippen LogP contribution is -2.18. The summed E-state index contributed by atoms with van der Waals surface area (Å²) in [4.78, 5) is 33.7. The Kier molecular flexibility index (Phi) is 3.37. The van der Waals surface area contributed by atoms with Crippen molar-refractivity contribution >= 4 is 17.7 Å². The molecule has 0 aliphatic rings. The third-order valence-electron chi connectivity index (χ3n) is 2.32. The second kappa shape index (κ2) is 5.13. The average molecular weight is 259 g/mol. The van der Waals surface area contributed by atoms with Gasteiger partial charge in [0.2, 0.25) is 0 Å². The molecule has 0 aliphatic heterocycles. The fourth-order valence-corrected chi connectivity index (χ4v) is 1.47. The quantitative estimate of drug-likeness (QED) is 0.751. The van der Waals surface area contributed by atoms with Gasteiger partial charge in [0.25, 0.3) is 11.5 Å². The van der Waals surface area contributed by atoms with E-state index in [4.69, 9.17) is 5.11 Å². The minimum absolute atomic E-state index is 0.0167. The molecule has 96 valence electrons. The summed E-state index contributed by atoms with van der Waals surface area (Å²) in [6.07, 6.45) is 0. The maximum Gasteiger partial charge on any atom is 0.336 e. The number of nitrogens with zero attached hydrogens (tertiary/aromatic N) is 1. The number of amides is 1. The van der Waals surface area contributed by atoms with Crippen LogP contribution in [0.25, 0.3) is 0 Å². The first-order chi connectivity index (χ1) is 9.08. The minimum atomic E-state index is -1.19. The second-order valence-electron chi connectivity index (χ2n) is 3.61. The van der Waals surface area contributed by atoms with Gasteiger partial charge >= 0.3 is 5.97 Å². The number of nitrogens with one attached hydrogen (secondary N) is 2. The van der Waals surface area contributed by atoms with Gasteiger partial charge in [-0.3, -0.25) is 9.59 Å². The Bertz CT molecular complexity index is 673. The molecule has 1 aromatic carbocycles. The van der Waals surface area contributed by atoms with Crippen molar-refractivity contribution in [3.63, 3.8) is 0 Å². The molecule has 0 radical (unpaired) electrons. The van der Waals surface area contributed by atoms with Crippen LogP contribution >= 0.6 is 0 Å². The van der Waals surface area contributed by atoms with E-state index in [1.165, 1.54) is 30.3 Å². The van der Waals surface area contributed by atoms with Crippen LogP contribution in [0.15, 0.2) is 41.2 Å². The Balaban J connectivity index is 2.28. The topological polar surface area (TPSA) is 112 Å². The van der Waals surface area contributed by atoms with E-state index in [1.54, 1.807) is 6.07 Å². The fourth-order valence-electron chi connectivity index (χ4n) is 1.47. The molecule has 0 saturated carbocycles. The fraction of sp³-hybridized carbons (Fsp3) is 0. The van der Waals surface area contributed by atoms with Crippen molar-refractivity contribution in [2.75, 3.05) is 5.32 Å². The molecule has 2 aromatic rings. The second-order valence-corrected chi connectivity index (χ2v) is 3.61. The number of aromatic nitrogens is 2. The summed E-state index contributed by atoms with van der Waals surface area (Å²) < 4.78 is 0. The number of rotatable bonds is 3. The van der Waals surface area contributed by atoms with Gasteiger partial charge in [0.05, 0.1) is 11.1 Å². The summed E-state index contributed by atoms with van der Waals surface area (Å²) in [7, 11) is 0. The molecule has 0 unspecified atom stereocenters. The highest BCUT2D eigenvalue weighted by atomic mass is 16.4. The first kappa shape index (κ1) is 12.5. The number of hydrogen-bond donors (Lipinski definition) is 3. The third-order valence-corrected chi connectivity index (χ3v) is 2.32. The number of hydrogen-bond acceptors (Lipinski definition) is 4. The SMILES string of the molecule is O=C(O)c1ccccc1C(=O)Nc1ccc(=O)[nH]n1. The van der Waals surface area contributed by atoms with Crippen molar-refractivity contribution in [1.82, 2.24) is 10.2 Å². The van der Waals surface area contributed by atoms with Gasteiger partial charge in [0.15, 0.2) is 5.82 Å². The maximum absolute atomic E-state index is 11.9. The van der Waals surface area contributed by atoms with E-state index in [-0.39, 0.29) is 16.9 Å². The van der Waals surface area contributed by atoms with Gasteiger partial charge in [-0.2, -0.15) is 5.10 Å². The number of aromatic carboxylic acids is 1. The zero-order valence-corrected chi connectivity index (χ0v) is 9.58. The number of carboxylic acid groups (broad SMARTS) is 1. The maximum atomic E-state index is 11.9. The van der Waals surface area contributed by atoms with Crippen molar-refractivity contribution < 1.29 is 14.7 Å². The normalized spacial score (nSPS) is 9.89. The van der Waals surface area contributed by atoms with E-state index in [9.17, 15) is 14.4 Å². The van der Waals surface area contributed by atoms with Crippen LogP contribution in [0.2, 0.25) is 0 Å². The van der Waals surface area contributed by atoms with E-state index in [2.05, 4.69) is 15.5 Å². The zero-order chi connectivity index (χ0) is 13.8. The van der Waals surface area contributed by atoms with Gasteiger partial charge < -0.3 is 10.4 Å². The molecule has 7 nitrogen and oxygen atoms in total. The molecule has 1 amide bonds. The van der Waals surface area contributed by atoms with E-state index in [1.807, 2.05) is 0 Å². The molecule has 0 bridgehead atoms. The lowest BCUT2D eigenvalue weighted by atomic mass is 10.1. The van der Waals surface area contributed by atoms with E-state index >= 15 is 0 Å². The smallest absolute Gasteiger partial charge is 0.336 e. The van der Waals surface area contributed by atoms with Crippen LogP contribution in [-0.4, -0.2) is 27.2 Å². The predicted octanol–water partition coefficient (Wildman–Crippen LogP) is 0.720. The van der Waals surface area contributed by atoms with Gasteiger partial charge in [0.1, 0.15) is 0 Å². The van der Waals surface area contributed by atoms with Gasteiger partial charge in [-0.15, -0.1) is 0 Å². The first-order valence-electron chi connectivity index (χ1n) is 5.27. The summed E-state index contributed by atoms with van der Waals surface area (Å²) in [5.41, 5.74) is -0.489. The number of carbonyl (C=O) groups is 2. The Morgan fingerprint density at radius 2 is 1.79 bits per heavy atom. The number of anilines is 1. The molecule has 1 aromatic heterocycles. The highest BCUT2D eigenvalue weighted by Crippen LogP contribution is 2.10. The standard InChI is InChI=1S/C12H9N3O4/c16-10-6-5-9(14-15-10)13-11(17)7-3-1-2-4-8(7)12(18)19/h1-6H,(H,15,16)(H,18,19)(H,13,14,17). The molecule has 19 heavy (non-hydrogen) atoms. The molecular weight excluding hydrogens is 250 g/mol. The Labute approximate surface area is 106 Å². The third kappa shape index (κ3) is 2.83. The van der Waals surface area contributed by atoms with Crippen molar-refractivity contribution in [3.05, 3.63) is 57.9 Å². The number of H-pyrrole nitrogens is 1. The van der Waals surface area contributed by atoms with Crippen molar-refractivity contribution in [3.8, 4) is 0 Å². The molecule has 0 saturated heterocycles. The molecule has 3 N–H and O–H groups in total. The van der Waals surface area contributed by atoms with Gasteiger partial charge in [0, 0.05) is 6.07 Å². The molecule has 0 atom stereocenters. The Morgan fingerprint density at radius 1 is 1.11 bits per heavy atom. The zero-order valence-electron chi connectivity index (χ0n) is 9.58. The largest absolute Gasteiger partial charge is 0.478 e. The number of carboxylic acids is 1. The number of aromatic amines is 1. The van der Waals surface area contributed by atoms with Crippen LogP contribution in [0.4, 0.5) is 5.82 Å². The lowest BCUT2D eigenvalue weighted by molar-refractivity contribution is 0.0692. The van der Waals surface area contributed by atoms with Crippen LogP contribution in [0.5, 0.6) is 0 Å². The van der Waals surface area contributed by atoms with Crippen LogP contribution in [-0.2, 0) is 0 Å². The van der Waals surface area contributed by atoms with Crippen LogP contribution < -0.4 is 10.9 Å². The molecule has 0 spiro atoms. The van der Waals surface area contributed by atoms with E-state index < -0.39 is 17.4 Å². The Morgan fingerprint density at radius 3 is 2.37 bits per heavy atom. The molecule has 7 heteroatoms. The Hall–Kier alpha value is -2.96. The number of benzene rings is 1. The minimum Gasteiger partial charge on any atom is -0.478 e. The number of carbonyl (C=O) groups excluding carboxylic acids is 1. The van der Waals surface area contributed by atoms with Crippen LogP contribution in [0.3, 0.4) is 0 Å². The summed E-state index contributed by atoms with van der Waals surface area (Å²) in [6.45, 7) is 0. The molecular formula is C12H9N3O4. The molecule has 0 fully saturated rings. The van der Waals surface area contributed by atoms with E-state index in [0.29, 0.717) is 0 Å². The average Bonchev–Trinajstić information content (AvgIpc) is 2.41. The van der Waals surface area contributed by atoms with Crippen molar-refractivity contribution in [2.45, 2.75) is 0 Å². The summed E-state index contributed by atoms with van der Waals surface area (Å²) in [5, 5.41) is 17.1. The molecule has 2 rings (SSSR count). The van der Waals surface area contributed by atoms with E-state index in [0.717, 1.165) is 0 Å². The van der Waals surface area contributed by atoms with Crippen molar-refractivity contribution in [2.24, 2.45) is 0 Å². The monoisotopic (exact) mass is 259 g/mol. The van der Waals surface area contributed by atoms with Crippen LogP contribution in [0, 0.1) is 0 Å². The van der Waals surface area contributed by atoms with Crippen LogP contribution in [0.1, 0.15) is 20.7 Å². The molecule has 1 heterocycles. The summed E-state index contributed by atoms with van der Waals surface area (Å²) in [5.74, 6) is -1.68. The highest BCUT2D eigenvalue weighted by Gasteiger charge is 2.16.